The second-order valence-corrected chi connectivity index (χ2v) is 14.9. The van der Waals surface area contributed by atoms with Crippen LogP contribution in [0.4, 0.5) is 35.2 Å². The molecule has 4 aromatic heterocycles. The normalized spacial score (nSPS) is 19.9. The molecule has 17 heteroatoms. The van der Waals surface area contributed by atoms with Crippen molar-refractivity contribution in [2.75, 3.05) is 55.5 Å². The second kappa shape index (κ2) is 15.1. The van der Waals surface area contributed by atoms with Gasteiger partial charge in [0.1, 0.15) is 28.6 Å². The highest BCUT2D eigenvalue weighted by Gasteiger charge is 2.33. The molecular formula is C39H43F3N10O4. The molecular weight excluding hydrogens is 729 g/mol. The molecule has 3 aliphatic rings. The van der Waals surface area contributed by atoms with Gasteiger partial charge in [-0.25, -0.2) is 14.8 Å². The quantitative estimate of drug-likeness (QED) is 0.181. The predicted molar refractivity (Wildman–Crippen MR) is 203 cm³/mol. The number of hydrogen-bond donors (Lipinski definition) is 2. The van der Waals surface area contributed by atoms with Gasteiger partial charge in [0.05, 0.1) is 30.6 Å². The van der Waals surface area contributed by atoms with Crippen LogP contribution in [0.3, 0.4) is 0 Å². The number of nitrogens with one attached hydrogen (secondary N) is 2. The molecule has 1 aliphatic carbocycles. The first kappa shape index (κ1) is 37.2. The van der Waals surface area contributed by atoms with Crippen LogP contribution in [-0.4, -0.2) is 93.3 Å². The summed E-state index contributed by atoms with van der Waals surface area (Å²) in [5, 5.41) is 10.6. The SMILES string of the molecule is COc1cc2nn(C3CCC(CN(C)C4CCN(c5ccn6c(N7CCC(=O)NC7=O)cnc6c5)CC4)CC3)cc2cc1NC(=O)c1cccc(C(F)(F)F)n1. The highest BCUT2D eigenvalue weighted by molar-refractivity contribution is 6.06. The molecule has 6 heterocycles. The molecule has 3 fully saturated rings. The number of carbonyl (C=O) groups is 3. The molecule has 294 valence electrons. The van der Waals surface area contributed by atoms with E-state index in [4.69, 9.17) is 9.84 Å². The summed E-state index contributed by atoms with van der Waals surface area (Å²) in [6.45, 7) is 3.24. The summed E-state index contributed by atoms with van der Waals surface area (Å²) in [5.41, 5.74) is 1.39. The molecule has 14 nitrogen and oxygen atoms in total. The number of piperidine rings is 1. The van der Waals surface area contributed by atoms with E-state index in [1.807, 2.05) is 21.5 Å². The van der Waals surface area contributed by atoms with Crippen molar-refractivity contribution in [1.29, 1.82) is 0 Å². The smallest absolute Gasteiger partial charge is 0.433 e. The van der Waals surface area contributed by atoms with E-state index in [0.29, 0.717) is 41.3 Å². The van der Waals surface area contributed by atoms with Crippen LogP contribution in [0.15, 0.2) is 61.1 Å². The number of halogens is 3. The Morgan fingerprint density at radius 2 is 1.82 bits per heavy atom. The predicted octanol–water partition coefficient (Wildman–Crippen LogP) is 6.14. The number of fused-ring (bicyclic) bond motifs is 2. The van der Waals surface area contributed by atoms with Crippen molar-refractivity contribution in [2.45, 2.75) is 63.2 Å². The molecule has 0 unspecified atom stereocenters. The average molecular weight is 773 g/mol. The Kier molecular flexibility index (Phi) is 10.0. The third-order valence-corrected chi connectivity index (χ3v) is 11.4. The maximum atomic E-state index is 13.2. The lowest BCUT2D eigenvalue weighted by molar-refractivity contribution is -0.141. The van der Waals surface area contributed by atoms with E-state index in [0.717, 1.165) is 87.0 Å². The van der Waals surface area contributed by atoms with Crippen LogP contribution in [0, 0.1) is 5.92 Å². The van der Waals surface area contributed by atoms with Crippen LogP contribution in [0.1, 0.15) is 67.2 Å². The zero-order valence-electron chi connectivity index (χ0n) is 31.1. The summed E-state index contributed by atoms with van der Waals surface area (Å²) < 4.78 is 48.9. The number of imide groups is 1. The molecule has 0 spiro atoms. The van der Waals surface area contributed by atoms with Crippen LogP contribution in [0.5, 0.6) is 5.75 Å². The summed E-state index contributed by atoms with van der Waals surface area (Å²) in [6.07, 6.45) is 7.43. The summed E-state index contributed by atoms with van der Waals surface area (Å²) in [5.74, 6) is 0.532. The third-order valence-electron chi connectivity index (χ3n) is 11.4. The monoisotopic (exact) mass is 772 g/mol. The number of hydrogen-bond acceptors (Lipinski definition) is 9. The minimum Gasteiger partial charge on any atom is -0.494 e. The zero-order chi connectivity index (χ0) is 39.1. The summed E-state index contributed by atoms with van der Waals surface area (Å²) in [7, 11) is 3.70. The van der Waals surface area contributed by atoms with E-state index in [2.05, 4.69) is 49.6 Å². The number of alkyl halides is 3. The maximum Gasteiger partial charge on any atom is 0.433 e. The van der Waals surface area contributed by atoms with Gasteiger partial charge in [-0.05, 0) is 75.8 Å². The summed E-state index contributed by atoms with van der Waals surface area (Å²) >= 11 is 0. The Hall–Kier alpha value is -5.71. The number of benzene rings is 1. The van der Waals surface area contributed by atoms with Crippen molar-refractivity contribution in [2.24, 2.45) is 5.92 Å². The molecule has 2 saturated heterocycles. The van der Waals surface area contributed by atoms with Gasteiger partial charge in [0, 0.05) is 74.2 Å². The van der Waals surface area contributed by atoms with Crippen molar-refractivity contribution in [3.05, 3.63) is 72.4 Å². The highest BCUT2D eigenvalue weighted by atomic mass is 19.4. The van der Waals surface area contributed by atoms with Crippen LogP contribution in [0.2, 0.25) is 0 Å². The average Bonchev–Trinajstić information content (AvgIpc) is 3.81. The first-order valence-electron chi connectivity index (χ1n) is 18.9. The Balaban J connectivity index is 0.833. The van der Waals surface area contributed by atoms with E-state index in [1.54, 1.807) is 23.2 Å². The van der Waals surface area contributed by atoms with E-state index in [1.165, 1.54) is 13.2 Å². The lowest BCUT2D eigenvalue weighted by Gasteiger charge is -2.40. The minimum atomic E-state index is -4.66. The molecule has 0 bridgehead atoms. The van der Waals surface area contributed by atoms with Crippen molar-refractivity contribution >= 4 is 51.6 Å². The first-order chi connectivity index (χ1) is 26.9. The van der Waals surface area contributed by atoms with Crippen LogP contribution < -0.4 is 25.2 Å². The van der Waals surface area contributed by atoms with Crippen molar-refractivity contribution in [3.8, 4) is 5.75 Å². The number of carbonyl (C=O) groups excluding carboxylic acids is 3. The summed E-state index contributed by atoms with van der Waals surface area (Å²) in [6, 6.07) is 11.1. The summed E-state index contributed by atoms with van der Waals surface area (Å²) in [4.78, 5) is 51.4. The maximum absolute atomic E-state index is 13.2. The van der Waals surface area contributed by atoms with Crippen LogP contribution in [-0.2, 0) is 11.0 Å². The Labute approximate surface area is 320 Å². The molecule has 2 aliphatic heterocycles. The Bertz CT molecular complexity index is 2270. The Morgan fingerprint density at radius 1 is 1.04 bits per heavy atom. The van der Waals surface area contributed by atoms with Gasteiger partial charge in [-0.2, -0.15) is 18.3 Å². The van der Waals surface area contributed by atoms with Crippen molar-refractivity contribution in [1.82, 2.24) is 34.4 Å². The molecule has 0 radical (unpaired) electrons. The first-order valence-corrected chi connectivity index (χ1v) is 18.9. The minimum absolute atomic E-state index is 0.232. The van der Waals surface area contributed by atoms with Gasteiger partial charge in [-0.15, -0.1) is 0 Å². The van der Waals surface area contributed by atoms with E-state index >= 15 is 0 Å². The van der Waals surface area contributed by atoms with Crippen LogP contribution >= 0.6 is 0 Å². The topological polar surface area (TPSA) is 142 Å². The van der Waals surface area contributed by atoms with Gasteiger partial charge in [0.25, 0.3) is 5.91 Å². The Morgan fingerprint density at radius 3 is 2.55 bits per heavy atom. The van der Waals surface area contributed by atoms with Gasteiger partial charge < -0.3 is 19.9 Å². The van der Waals surface area contributed by atoms with E-state index in [9.17, 15) is 27.6 Å². The number of anilines is 3. The number of rotatable bonds is 9. The number of nitrogens with zero attached hydrogens (tertiary/aromatic N) is 8. The zero-order valence-corrected chi connectivity index (χ0v) is 31.1. The molecule has 0 atom stereocenters. The van der Waals surface area contributed by atoms with Crippen molar-refractivity contribution < 1.29 is 32.3 Å². The standard InChI is InChI=1S/C39H43F3N10O4/c1-48(26-10-14-49(15-11-26)28-12-16-50-34(19-28)43-21-36(50)51-17-13-35(53)46-38(51)55)22-24-6-8-27(9-7-24)52-23-25-18-31(32(56-2)20-30(25)47-52)45-37(54)29-4-3-5-33(44-29)39(40,41)42/h3-5,12,16,18-21,23-24,26-27H,6-11,13-15,17,22H2,1-2H3,(H,45,54)(H,46,53,55). The van der Waals surface area contributed by atoms with Crippen molar-refractivity contribution in [3.63, 3.8) is 0 Å². The number of amides is 4. The number of pyridine rings is 2. The number of urea groups is 1. The molecule has 8 rings (SSSR count). The molecule has 56 heavy (non-hydrogen) atoms. The van der Waals surface area contributed by atoms with E-state index in [-0.39, 0.29) is 24.1 Å². The molecule has 1 saturated carbocycles. The van der Waals surface area contributed by atoms with Crippen LogP contribution in [0.25, 0.3) is 16.6 Å². The van der Waals surface area contributed by atoms with Gasteiger partial charge in [0.2, 0.25) is 5.91 Å². The third kappa shape index (κ3) is 7.59. The fraction of sp³-hybridized carbons (Fsp3) is 0.436. The number of aromatic nitrogens is 5. The second-order valence-electron chi connectivity index (χ2n) is 14.9. The van der Waals surface area contributed by atoms with Gasteiger partial charge >= 0.3 is 12.2 Å². The lowest BCUT2D eigenvalue weighted by atomic mass is 9.85. The fourth-order valence-electron chi connectivity index (χ4n) is 8.28. The van der Waals surface area contributed by atoms with E-state index < -0.39 is 23.8 Å². The highest BCUT2D eigenvalue weighted by Crippen LogP contribution is 2.36. The molecule has 4 amide bonds. The van der Waals surface area contributed by atoms with Gasteiger partial charge in [-0.1, -0.05) is 6.07 Å². The number of methoxy groups -OCH3 is 1. The van der Waals surface area contributed by atoms with Gasteiger partial charge in [-0.3, -0.25) is 28.9 Å². The largest absolute Gasteiger partial charge is 0.494 e. The lowest BCUT2D eigenvalue weighted by Crippen LogP contribution is -2.50. The molecule has 2 N–H and O–H groups in total. The number of ether oxygens (including phenoxy) is 1. The fourth-order valence-corrected chi connectivity index (χ4v) is 8.28. The molecule has 1 aromatic carbocycles. The van der Waals surface area contributed by atoms with Gasteiger partial charge in [0.15, 0.2) is 0 Å². The number of imidazole rings is 1. The molecule has 5 aromatic rings.